The molecule has 0 aliphatic rings. The Kier molecular flexibility index (Phi) is 3.89. The molecule has 3 heterocycles. The average Bonchev–Trinajstić information content (AvgIpc) is 2.67. The molecule has 3 aromatic heterocycles. The van der Waals surface area contributed by atoms with Gasteiger partial charge in [0.15, 0.2) is 0 Å². The summed E-state index contributed by atoms with van der Waals surface area (Å²) in [7, 11) is 0. The molecule has 0 N–H and O–H groups in total. The molecule has 26 heavy (non-hydrogen) atoms. The van der Waals surface area contributed by atoms with Crippen molar-refractivity contribution in [3.63, 3.8) is 0 Å². The highest BCUT2D eigenvalue weighted by Crippen LogP contribution is 2.22. The number of halogens is 1. The van der Waals surface area contributed by atoms with Crippen LogP contribution in [0.4, 0.5) is 4.39 Å². The highest BCUT2D eigenvalue weighted by Gasteiger charge is 2.20. The number of pyridine rings is 1. The van der Waals surface area contributed by atoms with Crippen molar-refractivity contribution in [2.75, 3.05) is 0 Å². The van der Waals surface area contributed by atoms with Gasteiger partial charge in [-0.05, 0) is 23.8 Å². The summed E-state index contributed by atoms with van der Waals surface area (Å²) in [6, 6.07) is 10.5. The van der Waals surface area contributed by atoms with Crippen molar-refractivity contribution in [3.8, 4) is 17.0 Å². The standard InChI is InChI=1S/C19H13FN4O2/c20-15-6-4-14(5-7-15)17-18(25)23-8-2-1-3-16(23)24(19(17)26)11-13-9-21-12-22-10-13/h1-10,12H,11H2. The summed E-state index contributed by atoms with van der Waals surface area (Å²) in [6.07, 6.45) is 6.23. The third-order valence-corrected chi connectivity index (χ3v) is 4.09. The summed E-state index contributed by atoms with van der Waals surface area (Å²) < 4.78 is 16.1. The van der Waals surface area contributed by atoms with E-state index < -0.39 is 17.3 Å². The van der Waals surface area contributed by atoms with E-state index in [9.17, 15) is 14.3 Å². The zero-order valence-corrected chi connectivity index (χ0v) is 13.5. The van der Waals surface area contributed by atoms with Crippen LogP contribution in [0.2, 0.25) is 0 Å². The number of nitrogens with zero attached hydrogens (tertiary/aromatic N) is 4. The second-order valence-electron chi connectivity index (χ2n) is 5.75. The lowest BCUT2D eigenvalue weighted by atomic mass is 10.1. The van der Waals surface area contributed by atoms with Crippen LogP contribution < -0.4 is 15.2 Å². The molecule has 4 rings (SSSR count). The molecule has 0 aliphatic heterocycles. The monoisotopic (exact) mass is 348 g/mol. The molecular weight excluding hydrogens is 335 g/mol. The first-order chi connectivity index (χ1) is 12.6. The van der Waals surface area contributed by atoms with Gasteiger partial charge in [0, 0.05) is 24.0 Å². The van der Waals surface area contributed by atoms with E-state index in [-0.39, 0.29) is 12.1 Å². The van der Waals surface area contributed by atoms with Crippen molar-refractivity contribution in [1.82, 2.24) is 14.4 Å². The van der Waals surface area contributed by atoms with Gasteiger partial charge in [-0.1, -0.05) is 18.2 Å². The largest absolute Gasteiger partial charge is 0.842 e. The minimum atomic E-state index is -0.448. The van der Waals surface area contributed by atoms with Crippen molar-refractivity contribution in [1.29, 1.82) is 0 Å². The van der Waals surface area contributed by atoms with E-state index in [1.807, 2.05) is 0 Å². The zero-order chi connectivity index (χ0) is 18.1. The van der Waals surface area contributed by atoms with E-state index in [1.54, 1.807) is 36.8 Å². The summed E-state index contributed by atoms with van der Waals surface area (Å²) in [5.74, 6) is -0.881. The number of rotatable bonds is 3. The topological polar surface area (TPSA) is 74.2 Å². The maximum absolute atomic E-state index is 13.2. The van der Waals surface area contributed by atoms with E-state index in [4.69, 9.17) is 0 Å². The van der Waals surface area contributed by atoms with E-state index in [2.05, 4.69) is 9.97 Å². The molecular formula is C19H13FN4O2. The Labute approximate surface area is 147 Å². The molecule has 0 aliphatic carbocycles. The lowest BCUT2D eigenvalue weighted by Gasteiger charge is -2.17. The molecule has 6 nitrogen and oxygen atoms in total. The molecule has 128 valence electrons. The Morgan fingerprint density at radius 1 is 1.08 bits per heavy atom. The quantitative estimate of drug-likeness (QED) is 0.523. The summed E-state index contributed by atoms with van der Waals surface area (Å²) in [5, 5.41) is 13.1. The zero-order valence-electron chi connectivity index (χ0n) is 13.5. The number of fused-ring (bicyclic) bond motifs is 1. The van der Waals surface area contributed by atoms with Crippen LogP contribution in [0.3, 0.4) is 0 Å². The summed E-state index contributed by atoms with van der Waals surface area (Å²) in [6.45, 7) is 0.210. The first-order valence-corrected chi connectivity index (χ1v) is 7.89. The lowest BCUT2D eigenvalue weighted by Crippen LogP contribution is -2.44. The molecule has 0 fully saturated rings. The first kappa shape index (κ1) is 15.9. The fraction of sp³-hybridized carbons (Fsp3) is 0.0526. The van der Waals surface area contributed by atoms with Crippen molar-refractivity contribution in [2.24, 2.45) is 0 Å². The van der Waals surface area contributed by atoms with Crippen LogP contribution in [0.5, 0.6) is 5.88 Å². The van der Waals surface area contributed by atoms with Gasteiger partial charge in [0.05, 0.1) is 12.1 Å². The Balaban J connectivity index is 2.01. The van der Waals surface area contributed by atoms with Gasteiger partial charge < -0.3 is 5.11 Å². The van der Waals surface area contributed by atoms with Crippen LogP contribution in [0.1, 0.15) is 5.56 Å². The second kappa shape index (κ2) is 6.36. The highest BCUT2D eigenvalue weighted by molar-refractivity contribution is 5.66. The van der Waals surface area contributed by atoms with Crippen molar-refractivity contribution in [3.05, 3.63) is 89.1 Å². The molecule has 0 radical (unpaired) electrons. The summed E-state index contributed by atoms with van der Waals surface area (Å²) in [4.78, 5) is 20.8. The van der Waals surface area contributed by atoms with Crippen molar-refractivity contribution in [2.45, 2.75) is 6.54 Å². The third-order valence-electron chi connectivity index (χ3n) is 4.09. The van der Waals surface area contributed by atoms with Crippen molar-refractivity contribution < 1.29 is 14.1 Å². The highest BCUT2D eigenvalue weighted by atomic mass is 19.1. The predicted molar refractivity (Wildman–Crippen MR) is 89.8 cm³/mol. The molecule has 0 spiro atoms. The van der Waals surface area contributed by atoms with Crippen LogP contribution in [-0.2, 0) is 6.54 Å². The number of benzene rings is 1. The van der Waals surface area contributed by atoms with E-state index in [0.29, 0.717) is 11.2 Å². The Morgan fingerprint density at radius 2 is 1.81 bits per heavy atom. The van der Waals surface area contributed by atoms with Crippen LogP contribution in [-0.4, -0.2) is 14.4 Å². The van der Waals surface area contributed by atoms with Crippen LogP contribution in [0.15, 0.2) is 72.2 Å². The lowest BCUT2D eigenvalue weighted by molar-refractivity contribution is -0.708. The first-order valence-electron chi connectivity index (χ1n) is 7.89. The maximum Gasteiger partial charge on any atom is 0.349 e. The van der Waals surface area contributed by atoms with Gasteiger partial charge in [0.25, 0.3) is 5.65 Å². The molecule has 4 aromatic rings. The SMILES string of the molecule is O=c1c(-c2ccc(F)cc2)c([O-])[n+](Cc2cncnc2)c2ccccn12. The fourth-order valence-electron chi connectivity index (χ4n) is 2.89. The van der Waals surface area contributed by atoms with Crippen LogP contribution in [0, 0.1) is 5.82 Å². The molecule has 0 saturated carbocycles. The van der Waals surface area contributed by atoms with Gasteiger partial charge in [-0.25, -0.2) is 23.7 Å². The Hall–Kier alpha value is -3.61. The maximum atomic E-state index is 13.2. The van der Waals surface area contributed by atoms with Gasteiger partial charge in [-0.2, -0.15) is 4.40 Å². The van der Waals surface area contributed by atoms with Gasteiger partial charge in [-0.3, -0.25) is 0 Å². The fourth-order valence-corrected chi connectivity index (χ4v) is 2.89. The van der Waals surface area contributed by atoms with E-state index in [0.717, 1.165) is 5.56 Å². The molecule has 0 saturated heterocycles. The summed E-state index contributed by atoms with van der Waals surface area (Å²) in [5.41, 5.74) is 1.10. The molecule has 0 atom stereocenters. The van der Waals surface area contributed by atoms with Crippen molar-refractivity contribution >= 4 is 5.65 Å². The number of hydrogen-bond donors (Lipinski definition) is 0. The Bertz CT molecular complexity index is 1140. The second-order valence-corrected chi connectivity index (χ2v) is 5.75. The van der Waals surface area contributed by atoms with Crippen LogP contribution >= 0.6 is 0 Å². The molecule has 0 amide bonds. The van der Waals surface area contributed by atoms with E-state index in [1.165, 1.54) is 39.6 Å². The van der Waals surface area contributed by atoms with Gasteiger partial charge in [-0.15, -0.1) is 0 Å². The normalized spacial score (nSPS) is 11.0. The minimum Gasteiger partial charge on any atom is -0.842 e. The van der Waals surface area contributed by atoms with Crippen LogP contribution in [0.25, 0.3) is 16.8 Å². The number of hydrogen-bond acceptors (Lipinski definition) is 4. The predicted octanol–water partition coefficient (Wildman–Crippen LogP) is 1.30. The molecule has 0 unspecified atom stereocenters. The van der Waals surface area contributed by atoms with Gasteiger partial charge >= 0.3 is 5.56 Å². The molecule has 1 aromatic carbocycles. The van der Waals surface area contributed by atoms with Gasteiger partial charge in [0.2, 0.25) is 0 Å². The summed E-state index contributed by atoms with van der Waals surface area (Å²) >= 11 is 0. The Morgan fingerprint density at radius 3 is 2.54 bits per heavy atom. The number of aromatic nitrogens is 4. The van der Waals surface area contributed by atoms with Gasteiger partial charge in [0.1, 0.15) is 24.3 Å². The molecule has 7 heteroatoms. The smallest absolute Gasteiger partial charge is 0.349 e. The molecule has 0 bridgehead atoms. The third kappa shape index (κ3) is 2.69. The average molecular weight is 348 g/mol. The van der Waals surface area contributed by atoms with E-state index >= 15 is 0 Å². The minimum absolute atomic E-state index is 0.00875.